The average Bonchev–Trinajstić information content (AvgIpc) is 2.75. The fraction of sp³-hybridized carbons (Fsp3) is 0.500. The van der Waals surface area contributed by atoms with E-state index < -0.39 is 12.0 Å². The summed E-state index contributed by atoms with van der Waals surface area (Å²) in [4.78, 5) is 24.6. The van der Waals surface area contributed by atoms with Crippen molar-refractivity contribution in [2.45, 2.75) is 32.2 Å². The number of amides is 1. The summed E-state index contributed by atoms with van der Waals surface area (Å²) in [6, 6.07) is 2.57. The highest BCUT2D eigenvalue weighted by molar-refractivity contribution is 5.94. The monoisotopic (exact) mass is 237 g/mol. The van der Waals surface area contributed by atoms with Crippen molar-refractivity contribution in [3.8, 4) is 0 Å². The maximum Gasteiger partial charge on any atom is 0.326 e. The first-order valence-electron chi connectivity index (χ1n) is 5.70. The summed E-state index contributed by atoms with van der Waals surface area (Å²) in [5.41, 5.74) is 0. The molecule has 92 valence electrons. The van der Waals surface area contributed by atoms with E-state index in [9.17, 15) is 9.59 Å². The summed E-state index contributed by atoms with van der Waals surface area (Å²) >= 11 is 0. The molecule has 0 saturated carbocycles. The van der Waals surface area contributed by atoms with Gasteiger partial charge in [0.05, 0.1) is 0 Å². The second-order valence-electron chi connectivity index (χ2n) is 4.26. The van der Waals surface area contributed by atoms with Crippen LogP contribution in [-0.2, 0) is 4.79 Å². The number of carbonyl (C=O) groups excluding carboxylic acids is 1. The third-order valence-corrected chi connectivity index (χ3v) is 3.00. The van der Waals surface area contributed by atoms with Crippen molar-refractivity contribution in [3.05, 3.63) is 23.7 Å². The molecule has 0 aliphatic carbocycles. The Bertz CT molecular complexity index is 437. The van der Waals surface area contributed by atoms with Gasteiger partial charge in [-0.05, 0) is 38.3 Å². The molecule has 2 heterocycles. The van der Waals surface area contributed by atoms with Gasteiger partial charge in [-0.25, -0.2) is 4.79 Å². The van der Waals surface area contributed by atoms with Crippen LogP contribution in [0.2, 0.25) is 0 Å². The predicted octanol–water partition coefficient (Wildman–Crippen LogP) is 1.67. The minimum atomic E-state index is -0.943. The second-order valence-corrected chi connectivity index (χ2v) is 4.26. The van der Waals surface area contributed by atoms with E-state index in [0.29, 0.717) is 18.7 Å². The fourth-order valence-corrected chi connectivity index (χ4v) is 2.12. The molecule has 1 fully saturated rings. The summed E-state index contributed by atoms with van der Waals surface area (Å²) in [6.45, 7) is 2.23. The Labute approximate surface area is 99.0 Å². The molecule has 1 aliphatic rings. The van der Waals surface area contributed by atoms with Crippen LogP contribution in [0.15, 0.2) is 16.5 Å². The molecule has 1 aromatic rings. The Morgan fingerprint density at radius 1 is 1.41 bits per heavy atom. The Morgan fingerprint density at radius 2 is 2.18 bits per heavy atom. The van der Waals surface area contributed by atoms with E-state index in [-0.39, 0.29) is 11.7 Å². The number of aryl methyl sites for hydroxylation is 1. The molecule has 1 aliphatic heterocycles. The molecule has 5 heteroatoms. The van der Waals surface area contributed by atoms with Crippen LogP contribution in [0, 0.1) is 6.92 Å². The van der Waals surface area contributed by atoms with Crippen molar-refractivity contribution in [2.75, 3.05) is 6.54 Å². The van der Waals surface area contributed by atoms with Gasteiger partial charge in [-0.15, -0.1) is 0 Å². The van der Waals surface area contributed by atoms with E-state index in [1.165, 1.54) is 4.90 Å². The van der Waals surface area contributed by atoms with Crippen molar-refractivity contribution in [1.82, 2.24) is 4.90 Å². The molecular formula is C12H15NO4. The van der Waals surface area contributed by atoms with Crippen molar-refractivity contribution in [2.24, 2.45) is 0 Å². The number of furan rings is 1. The summed E-state index contributed by atoms with van der Waals surface area (Å²) in [7, 11) is 0. The number of hydrogen-bond acceptors (Lipinski definition) is 3. The first-order chi connectivity index (χ1) is 8.09. The predicted molar refractivity (Wildman–Crippen MR) is 59.8 cm³/mol. The zero-order chi connectivity index (χ0) is 12.4. The Morgan fingerprint density at radius 3 is 2.76 bits per heavy atom. The smallest absolute Gasteiger partial charge is 0.326 e. The highest BCUT2D eigenvalue weighted by atomic mass is 16.4. The average molecular weight is 237 g/mol. The van der Waals surface area contributed by atoms with Crippen LogP contribution < -0.4 is 0 Å². The van der Waals surface area contributed by atoms with E-state index in [2.05, 4.69) is 0 Å². The fourth-order valence-electron chi connectivity index (χ4n) is 2.12. The van der Waals surface area contributed by atoms with E-state index in [0.717, 1.165) is 12.8 Å². The van der Waals surface area contributed by atoms with Crippen LogP contribution in [0.3, 0.4) is 0 Å². The molecule has 2 rings (SSSR count). The van der Waals surface area contributed by atoms with E-state index >= 15 is 0 Å². The van der Waals surface area contributed by atoms with Crippen molar-refractivity contribution in [1.29, 1.82) is 0 Å². The molecule has 0 radical (unpaired) electrons. The molecule has 1 aromatic heterocycles. The quantitative estimate of drug-likeness (QED) is 0.849. The zero-order valence-corrected chi connectivity index (χ0v) is 9.68. The Kier molecular flexibility index (Phi) is 3.17. The SMILES string of the molecule is Cc1ccc(C(=O)N2CCCC[C@H]2C(=O)O)o1. The van der Waals surface area contributed by atoms with E-state index in [1.54, 1.807) is 19.1 Å². The van der Waals surface area contributed by atoms with Crippen molar-refractivity contribution < 1.29 is 19.1 Å². The van der Waals surface area contributed by atoms with Crippen molar-refractivity contribution in [3.63, 3.8) is 0 Å². The number of carbonyl (C=O) groups is 2. The molecule has 17 heavy (non-hydrogen) atoms. The maximum atomic E-state index is 12.1. The molecular weight excluding hydrogens is 222 g/mol. The van der Waals surface area contributed by atoms with E-state index in [1.807, 2.05) is 0 Å². The largest absolute Gasteiger partial charge is 0.480 e. The van der Waals surface area contributed by atoms with Crippen LogP contribution >= 0.6 is 0 Å². The van der Waals surface area contributed by atoms with Crippen LogP contribution in [-0.4, -0.2) is 34.5 Å². The number of likely N-dealkylation sites (tertiary alicyclic amines) is 1. The summed E-state index contributed by atoms with van der Waals surface area (Å²) in [5, 5.41) is 9.09. The van der Waals surface area contributed by atoms with Gasteiger partial charge in [-0.1, -0.05) is 0 Å². The van der Waals surface area contributed by atoms with Gasteiger partial charge in [0.1, 0.15) is 11.8 Å². The van der Waals surface area contributed by atoms with Gasteiger partial charge >= 0.3 is 5.97 Å². The summed E-state index contributed by atoms with van der Waals surface area (Å²) in [5.74, 6) is -0.403. The molecule has 5 nitrogen and oxygen atoms in total. The van der Waals surface area contributed by atoms with Crippen LogP contribution in [0.1, 0.15) is 35.6 Å². The highest BCUT2D eigenvalue weighted by Crippen LogP contribution is 2.20. The topological polar surface area (TPSA) is 70.8 Å². The molecule has 1 amide bonds. The summed E-state index contributed by atoms with van der Waals surface area (Å²) < 4.78 is 5.24. The van der Waals surface area contributed by atoms with Gasteiger partial charge in [-0.3, -0.25) is 4.79 Å². The van der Waals surface area contributed by atoms with Crippen LogP contribution in [0.4, 0.5) is 0 Å². The van der Waals surface area contributed by atoms with Gasteiger partial charge < -0.3 is 14.4 Å². The van der Waals surface area contributed by atoms with Crippen LogP contribution in [0.25, 0.3) is 0 Å². The number of nitrogens with zero attached hydrogens (tertiary/aromatic N) is 1. The zero-order valence-electron chi connectivity index (χ0n) is 9.68. The lowest BCUT2D eigenvalue weighted by atomic mass is 10.0. The molecule has 0 aromatic carbocycles. The van der Waals surface area contributed by atoms with Crippen LogP contribution in [0.5, 0.6) is 0 Å². The number of aliphatic carboxylic acids is 1. The van der Waals surface area contributed by atoms with Crippen molar-refractivity contribution >= 4 is 11.9 Å². The highest BCUT2D eigenvalue weighted by Gasteiger charge is 2.33. The second kappa shape index (κ2) is 4.61. The van der Waals surface area contributed by atoms with E-state index in [4.69, 9.17) is 9.52 Å². The number of rotatable bonds is 2. The maximum absolute atomic E-state index is 12.1. The molecule has 1 saturated heterocycles. The summed E-state index contributed by atoms with van der Waals surface area (Å²) in [6.07, 6.45) is 2.20. The number of piperidine rings is 1. The number of carboxylic acids is 1. The number of carboxylic acid groups (broad SMARTS) is 1. The molecule has 0 bridgehead atoms. The molecule has 0 unspecified atom stereocenters. The normalized spacial score (nSPS) is 20.3. The lowest BCUT2D eigenvalue weighted by molar-refractivity contribution is -0.143. The van der Waals surface area contributed by atoms with Gasteiger partial charge in [0.2, 0.25) is 0 Å². The Hall–Kier alpha value is -1.78. The van der Waals surface area contributed by atoms with Gasteiger partial charge in [-0.2, -0.15) is 0 Å². The van der Waals surface area contributed by atoms with Gasteiger partial charge in [0.15, 0.2) is 5.76 Å². The van der Waals surface area contributed by atoms with Gasteiger partial charge in [0, 0.05) is 6.54 Å². The number of hydrogen-bond donors (Lipinski definition) is 1. The van der Waals surface area contributed by atoms with Gasteiger partial charge in [0.25, 0.3) is 5.91 Å². The third kappa shape index (κ3) is 2.33. The molecule has 1 atom stereocenters. The third-order valence-electron chi connectivity index (χ3n) is 3.00. The molecule has 0 spiro atoms. The first kappa shape index (κ1) is 11.7. The minimum Gasteiger partial charge on any atom is -0.480 e. The Balaban J connectivity index is 2.19. The lowest BCUT2D eigenvalue weighted by Crippen LogP contribution is -2.47. The molecule has 1 N–H and O–H groups in total. The standard InChI is InChI=1S/C12H15NO4/c1-8-5-6-10(17-8)11(14)13-7-3-2-4-9(13)12(15)16/h5-6,9H,2-4,7H2,1H3,(H,15,16)/t9-/m0/s1. The lowest BCUT2D eigenvalue weighted by Gasteiger charge is -2.32. The first-order valence-corrected chi connectivity index (χ1v) is 5.70. The minimum absolute atomic E-state index is 0.218.